The van der Waals surface area contributed by atoms with Crippen LogP contribution in [0.5, 0.6) is 0 Å². The molecule has 1 heterocycles. The van der Waals surface area contributed by atoms with Crippen LogP contribution in [-0.2, 0) is 5.41 Å². The highest BCUT2D eigenvalue weighted by Crippen LogP contribution is 2.48. The normalized spacial score (nSPS) is 14.4. The third-order valence-electron chi connectivity index (χ3n) is 4.22. The molecule has 0 bridgehead atoms. The number of hydrogen-bond donors (Lipinski definition) is 1. The van der Waals surface area contributed by atoms with Crippen molar-refractivity contribution in [2.24, 2.45) is 0 Å². The quantitative estimate of drug-likeness (QED) is 0.481. The third-order valence-corrected chi connectivity index (χ3v) is 4.71. The lowest BCUT2D eigenvalue weighted by Crippen LogP contribution is -2.48. The molecule has 0 spiro atoms. The van der Waals surface area contributed by atoms with Crippen LogP contribution in [0, 0.1) is 10.1 Å². The molecular formula is C17H12BrF3N2O2. The number of aromatic nitrogens is 1. The van der Waals surface area contributed by atoms with Gasteiger partial charge in [-0.05, 0) is 23.8 Å². The van der Waals surface area contributed by atoms with Crippen LogP contribution >= 0.6 is 15.9 Å². The van der Waals surface area contributed by atoms with Gasteiger partial charge in [-0.1, -0.05) is 46.3 Å². The van der Waals surface area contributed by atoms with Crippen molar-refractivity contribution in [1.29, 1.82) is 0 Å². The molecule has 0 aliphatic heterocycles. The van der Waals surface area contributed by atoms with E-state index in [1.165, 1.54) is 36.5 Å². The summed E-state index contributed by atoms with van der Waals surface area (Å²) >= 11 is 3.25. The first-order valence-electron chi connectivity index (χ1n) is 7.27. The molecule has 1 aromatic heterocycles. The van der Waals surface area contributed by atoms with Gasteiger partial charge < -0.3 is 4.98 Å². The molecule has 130 valence electrons. The van der Waals surface area contributed by atoms with Crippen LogP contribution in [-0.4, -0.2) is 22.6 Å². The summed E-state index contributed by atoms with van der Waals surface area (Å²) in [6, 6.07) is 11.9. The Morgan fingerprint density at radius 3 is 2.40 bits per heavy atom. The number of rotatable bonds is 4. The third kappa shape index (κ3) is 2.90. The first-order valence-corrected chi connectivity index (χ1v) is 8.06. The van der Waals surface area contributed by atoms with Crippen molar-refractivity contribution in [3.63, 3.8) is 0 Å². The second kappa shape index (κ2) is 6.18. The number of H-pyrrole nitrogens is 1. The molecule has 1 N–H and O–H groups in total. The zero-order valence-corrected chi connectivity index (χ0v) is 14.3. The summed E-state index contributed by atoms with van der Waals surface area (Å²) in [6.07, 6.45) is -3.65. The van der Waals surface area contributed by atoms with Crippen LogP contribution in [0.25, 0.3) is 10.9 Å². The smallest absolute Gasteiger partial charge is 0.361 e. The van der Waals surface area contributed by atoms with Crippen LogP contribution in [0.3, 0.4) is 0 Å². The molecule has 0 unspecified atom stereocenters. The van der Waals surface area contributed by atoms with E-state index in [0.29, 0.717) is 9.99 Å². The van der Waals surface area contributed by atoms with Crippen molar-refractivity contribution in [2.75, 3.05) is 6.54 Å². The number of nitro groups is 1. The Labute approximate surface area is 148 Å². The molecule has 25 heavy (non-hydrogen) atoms. The Morgan fingerprint density at radius 2 is 1.80 bits per heavy atom. The lowest BCUT2D eigenvalue weighted by molar-refractivity contribution is -0.498. The van der Waals surface area contributed by atoms with Crippen LogP contribution in [0.15, 0.2) is 59.2 Å². The second-order valence-electron chi connectivity index (χ2n) is 5.65. The zero-order valence-electron chi connectivity index (χ0n) is 12.7. The standard InChI is InChI=1S/C17H12BrF3N2O2/c18-12-6-7-15-13(8-12)14(9-22-15)16(10-23(24)25,17(19,20)21)11-4-2-1-3-5-11/h1-9,22H,10H2/t16-/m0/s1. The molecular weight excluding hydrogens is 401 g/mol. The lowest BCUT2D eigenvalue weighted by Gasteiger charge is -2.32. The van der Waals surface area contributed by atoms with Crippen molar-refractivity contribution in [1.82, 2.24) is 4.98 Å². The minimum absolute atomic E-state index is 0.167. The lowest BCUT2D eigenvalue weighted by atomic mass is 9.73. The predicted molar refractivity (Wildman–Crippen MR) is 91.1 cm³/mol. The number of fused-ring (bicyclic) bond motifs is 1. The van der Waals surface area contributed by atoms with E-state index in [1.54, 1.807) is 18.2 Å². The molecule has 2 aromatic carbocycles. The van der Waals surface area contributed by atoms with Gasteiger partial charge in [0.25, 0.3) is 0 Å². The van der Waals surface area contributed by atoms with Gasteiger partial charge in [-0.25, -0.2) is 0 Å². The van der Waals surface area contributed by atoms with Gasteiger partial charge in [0.15, 0.2) is 5.41 Å². The van der Waals surface area contributed by atoms with Gasteiger partial charge in [0, 0.05) is 32.1 Å². The van der Waals surface area contributed by atoms with Gasteiger partial charge in [-0.2, -0.15) is 13.2 Å². The highest BCUT2D eigenvalue weighted by Gasteiger charge is 2.61. The van der Waals surface area contributed by atoms with E-state index in [4.69, 9.17) is 0 Å². The molecule has 0 saturated heterocycles. The van der Waals surface area contributed by atoms with E-state index in [2.05, 4.69) is 20.9 Å². The summed E-state index contributed by atoms with van der Waals surface area (Å²) in [4.78, 5) is 13.1. The van der Waals surface area contributed by atoms with E-state index < -0.39 is 23.1 Å². The Balaban J connectivity index is 2.40. The predicted octanol–water partition coefficient (Wildman–Crippen LogP) is 5.06. The van der Waals surface area contributed by atoms with E-state index >= 15 is 0 Å². The maximum absolute atomic E-state index is 14.3. The van der Waals surface area contributed by atoms with Crippen molar-refractivity contribution in [3.8, 4) is 0 Å². The minimum Gasteiger partial charge on any atom is -0.361 e. The molecule has 4 nitrogen and oxygen atoms in total. The van der Waals surface area contributed by atoms with Crippen molar-refractivity contribution in [2.45, 2.75) is 11.6 Å². The molecule has 3 aromatic rings. The topological polar surface area (TPSA) is 58.9 Å². The van der Waals surface area contributed by atoms with Gasteiger partial charge in [0.05, 0.1) is 0 Å². The number of nitrogens with one attached hydrogen (secondary N) is 1. The fourth-order valence-corrected chi connectivity index (χ4v) is 3.46. The number of aromatic amines is 1. The summed E-state index contributed by atoms with van der Waals surface area (Å²) in [7, 11) is 0. The largest absolute Gasteiger partial charge is 0.408 e. The van der Waals surface area contributed by atoms with Gasteiger partial charge in [-0.15, -0.1) is 0 Å². The molecule has 8 heteroatoms. The van der Waals surface area contributed by atoms with Crippen molar-refractivity contribution >= 4 is 26.8 Å². The number of nitrogens with zero attached hydrogens (tertiary/aromatic N) is 1. The van der Waals surface area contributed by atoms with Gasteiger partial charge in [0.1, 0.15) is 0 Å². The molecule has 0 amide bonds. The Bertz CT molecular complexity index is 925. The summed E-state index contributed by atoms with van der Waals surface area (Å²) in [6.45, 7) is -1.29. The Morgan fingerprint density at radius 1 is 1.12 bits per heavy atom. The van der Waals surface area contributed by atoms with Gasteiger partial charge in [0.2, 0.25) is 6.54 Å². The molecule has 0 radical (unpaired) electrons. The summed E-state index contributed by atoms with van der Waals surface area (Å²) < 4.78 is 43.4. The Kier molecular flexibility index (Phi) is 4.32. The molecule has 1 atom stereocenters. The maximum Gasteiger partial charge on any atom is 0.408 e. The maximum atomic E-state index is 14.3. The second-order valence-corrected chi connectivity index (χ2v) is 6.57. The molecule has 0 fully saturated rings. The average Bonchev–Trinajstić information content (AvgIpc) is 2.95. The van der Waals surface area contributed by atoms with Crippen LogP contribution in [0.1, 0.15) is 11.1 Å². The van der Waals surface area contributed by atoms with Gasteiger partial charge in [-0.3, -0.25) is 10.1 Å². The Hall–Kier alpha value is -2.35. The molecule has 3 rings (SSSR count). The van der Waals surface area contributed by atoms with Crippen LogP contribution < -0.4 is 0 Å². The van der Waals surface area contributed by atoms with E-state index in [-0.39, 0.29) is 16.5 Å². The minimum atomic E-state index is -4.86. The van der Waals surface area contributed by atoms with Crippen molar-refractivity contribution in [3.05, 3.63) is 80.4 Å². The fourth-order valence-electron chi connectivity index (χ4n) is 3.10. The average molecular weight is 413 g/mol. The zero-order chi connectivity index (χ0) is 18.2. The monoisotopic (exact) mass is 412 g/mol. The summed E-state index contributed by atoms with van der Waals surface area (Å²) in [5.74, 6) is 0. The highest BCUT2D eigenvalue weighted by molar-refractivity contribution is 9.10. The molecule has 0 aliphatic carbocycles. The first kappa shape index (κ1) is 17.5. The number of alkyl halides is 3. The number of benzene rings is 2. The van der Waals surface area contributed by atoms with E-state index in [1.807, 2.05) is 0 Å². The van der Waals surface area contributed by atoms with Crippen molar-refractivity contribution < 1.29 is 18.1 Å². The number of hydrogen-bond acceptors (Lipinski definition) is 2. The first-order chi connectivity index (χ1) is 11.8. The summed E-state index contributed by atoms with van der Waals surface area (Å²) in [5, 5.41) is 11.5. The van der Waals surface area contributed by atoms with Gasteiger partial charge >= 0.3 is 6.18 Å². The summed E-state index contributed by atoms with van der Waals surface area (Å²) in [5.41, 5.74) is -2.61. The van der Waals surface area contributed by atoms with E-state index in [0.717, 1.165) is 0 Å². The van der Waals surface area contributed by atoms with Crippen LogP contribution in [0.2, 0.25) is 0 Å². The highest BCUT2D eigenvalue weighted by atomic mass is 79.9. The fraction of sp³-hybridized carbons (Fsp3) is 0.176. The SMILES string of the molecule is O=[N+]([O-])C[C@](c1ccccc1)(c1c[nH]c2ccc(Br)cc12)C(F)(F)F. The van der Waals surface area contributed by atoms with E-state index in [9.17, 15) is 23.3 Å². The molecule has 0 saturated carbocycles. The van der Waals surface area contributed by atoms with Crippen LogP contribution in [0.4, 0.5) is 13.2 Å². The number of halogens is 4. The molecule has 0 aliphatic rings.